The monoisotopic (exact) mass is 646 g/mol. The SMILES string of the molecule is CCC[C@H]1[C@H](OC(=O)N[C@H](C(=O)N2C[C@H](Oc3nc4cc(OC)ccc4nc3C(C)(F)F)C[C@H]2C(=O)OC)C(C)(C)C)CC2C[C@@H]21. The van der Waals surface area contributed by atoms with Gasteiger partial charge < -0.3 is 29.2 Å². The van der Waals surface area contributed by atoms with Gasteiger partial charge in [0.1, 0.15) is 30.0 Å². The highest BCUT2D eigenvalue weighted by Gasteiger charge is 2.54. The number of methoxy groups -OCH3 is 2. The van der Waals surface area contributed by atoms with Crippen molar-refractivity contribution in [2.24, 2.45) is 23.2 Å². The molecule has 0 bridgehead atoms. The van der Waals surface area contributed by atoms with Gasteiger partial charge >= 0.3 is 12.1 Å². The Hall–Kier alpha value is -3.77. The van der Waals surface area contributed by atoms with Crippen LogP contribution in [0.15, 0.2) is 18.2 Å². The van der Waals surface area contributed by atoms with Crippen molar-refractivity contribution in [2.75, 3.05) is 20.8 Å². The third kappa shape index (κ3) is 6.97. The average Bonchev–Trinajstić information content (AvgIpc) is 3.49. The second-order valence-electron chi connectivity index (χ2n) is 13.9. The number of carbonyl (C=O) groups excluding carboxylic acids is 3. The highest BCUT2D eigenvalue weighted by molar-refractivity contribution is 5.91. The number of hydrogen-bond donors (Lipinski definition) is 1. The maximum Gasteiger partial charge on any atom is 0.408 e. The Morgan fingerprint density at radius 2 is 1.80 bits per heavy atom. The summed E-state index contributed by atoms with van der Waals surface area (Å²) in [5, 5.41) is 2.78. The molecule has 2 saturated carbocycles. The minimum atomic E-state index is -3.40. The van der Waals surface area contributed by atoms with Crippen LogP contribution in [0, 0.1) is 23.2 Å². The van der Waals surface area contributed by atoms with Crippen molar-refractivity contribution in [3.05, 3.63) is 23.9 Å². The highest BCUT2D eigenvalue weighted by atomic mass is 19.3. The van der Waals surface area contributed by atoms with E-state index in [0.717, 1.165) is 19.3 Å². The van der Waals surface area contributed by atoms with Crippen molar-refractivity contribution in [3.63, 3.8) is 0 Å². The first-order chi connectivity index (χ1) is 21.6. The molecule has 252 valence electrons. The Kier molecular flexibility index (Phi) is 9.34. The summed E-state index contributed by atoms with van der Waals surface area (Å²) in [6.45, 7) is 8.06. The van der Waals surface area contributed by atoms with E-state index in [2.05, 4.69) is 22.2 Å². The van der Waals surface area contributed by atoms with Crippen LogP contribution in [0.3, 0.4) is 0 Å². The molecule has 7 atom stereocenters. The van der Waals surface area contributed by atoms with Gasteiger partial charge in [-0.05, 0) is 54.6 Å². The number of likely N-dealkylation sites (tertiary alicyclic amines) is 1. The van der Waals surface area contributed by atoms with Crippen molar-refractivity contribution in [1.29, 1.82) is 0 Å². The molecule has 3 fully saturated rings. The number of carbonyl (C=O) groups is 3. The second kappa shape index (κ2) is 12.8. The van der Waals surface area contributed by atoms with Crippen molar-refractivity contribution < 1.29 is 42.1 Å². The zero-order valence-electron chi connectivity index (χ0n) is 27.5. The van der Waals surface area contributed by atoms with E-state index < -0.39 is 59.1 Å². The largest absolute Gasteiger partial charge is 0.497 e. The number of alkyl halides is 2. The first-order valence-electron chi connectivity index (χ1n) is 15.9. The molecule has 0 spiro atoms. The molecule has 11 nitrogen and oxygen atoms in total. The van der Waals surface area contributed by atoms with Crippen LogP contribution in [0.25, 0.3) is 11.0 Å². The van der Waals surface area contributed by atoms with Gasteiger partial charge in [-0.3, -0.25) is 4.79 Å². The fourth-order valence-corrected chi connectivity index (χ4v) is 6.94. The summed E-state index contributed by atoms with van der Waals surface area (Å²) < 4.78 is 51.5. The molecule has 13 heteroatoms. The molecule has 2 aromatic rings. The molecule has 46 heavy (non-hydrogen) atoms. The number of nitrogens with zero attached hydrogens (tertiary/aromatic N) is 3. The minimum absolute atomic E-state index is 0.0458. The number of alkyl carbamates (subject to hydrolysis) is 1. The Morgan fingerprint density at radius 1 is 1.07 bits per heavy atom. The van der Waals surface area contributed by atoms with Crippen LogP contribution in [0.1, 0.15) is 72.4 Å². The summed E-state index contributed by atoms with van der Waals surface area (Å²) in [5.41, 5.74) is -0.945. The standard InChI is InChI=1S/C33H44F2N4O7/c1-8-9-20-21-12-17(21)13-25(20)46-31(42)38-27(32(2,3)4)29(40)39-16-19(15-24(39)30(41)44-7)45-28-26(33(5,34)35)36-22-11-10-18(43-6)14-23(22)37-28/h10-11,14,17,19-21,24-25,27H,8-9,12-13,15-16H2,1-7H3,(H,38,42)/t17?,19-,20-,21+,24+,25-,27-/m1/s1. The number of benzene rings is 1. The molecule has 2 amide bonds. The van der Waals surface area contributed by atoms with Gasteiger partial charge in [-0.15, -0.1) is 0 Å². The fourth-order valence-electron chi connectivity index (χ4n) is 6.94. The number of nitrogens with one attached hydrogen (secondary N) is 1. The summed E-state index contributed by atoms with van der Waals surface area (Å²) in [7, 11) is 2.67. The van der Waals surface area contributed by atoms with Crippen LogP contribution in [-0.4, -0.2) is 77.9 Å². The third-order valence-corrected chi connectivity index (χ3v) is 9.35. The van der Waals surface area contributed by atoms with E-state index in [1.807, 2.05) is 0 Å². The number of hydrogen-bond acceptors (Lipinski definition) is 9. The van der Waals surface area contributed by atoms with Gasteiger partial charge in [-0.1, -0.05) is 34.1 Å². The molecule has 2 heterocycles. The van der Waals surface area contributed by atoms with Crippen LogP contribution >= 0.6 is 0 Å². The van der Waals surface area contributed by atoms with Crippen molar-refractivity contribution >= 4 is 29.0 Å². The lowest BCUT2D eigenvalue weighted by molar-refractivity contribution is -0.152. The Bertz CT molecular complexity index is 1480. The van der Waals surface area contributed by atoms with Crippen molar-refractivity contribution in [1.82, 2.24) is 20.2 Å². The lowest BCUT2D eigenvalue weighted by Gasteiger charge is -2.35. The number of amides is 2. The lowest BCUT2D eigenvalue weighted by atomic mass is 9.85. The van der Waals surface area contributed by atoms with E-state index in [-0.39, 0.29) is 30.1 Å². The second-order valence-corrected chi connectivity index (χ2v) is 13.9. The molecular weight excluding hydrogens is 602 g/mol. The van der Waals surface area contributed by atoms with Crippen molar-refractivity contribution in [2.45, 2.75) is 96.9 Å². The van der Waals surface area contributed by atoms with E-state index >= 15 is 0 Å². The predicted octanol–water partition coefficient (Wildman–Crippen LogP) is 5.24. The zero-order chi connectivity index (χ0) is 33.6. The number of fused-ring (bicyclic) bond motifs is 2. The molecule has 1 aromatic carbocycles. The lowest BCUT2D eigenvalue weighted by Crippen LogP contribution is -2.57. The summed E-state index contributed by atoms with van der Waals surface area (Å²) in [5.74, 6) is -3.08. The van der Waals surface area contributed by atoms with Crippen LogP contribution in [-0.2, 0) is 25.0 Å². The van der Waals surface area contributed by atoms with E-state index in [1.54, 1.807) is 32.9 Å². The van der Waals surface area contributed by atoms with Gasteiger partial charge in [0.15, 0.2) is 5.69 Å². The maximum absolute atomic E-state index is 14.7. The Labute approximate surface area is 267 Å². The normalized spacial score (nSPS) is 26.3. The van der Waals surface area contributed by atoms with Gasteiger partial charge in [-0.25, -0.2) is 19.6 Å². The van der Waals surface area contributed by atoms with E-state index in [1.165, 1.54) is 31.6 Å². The van der Waals surface area contributed by atoms with Gasteiger partial charge in [0.05, 0.1) is 31.8 Å². The quantitative estimate of drug-likeness (QED) is 0.345. The number of halogens is 2. The van der Waals surface area contributed by atoms with Crippen LogP contribution in [0.4, 0.5) is 13.6 Å². The number of aromatic nitrogens is 2. The Balaban J connectivity index is 1.36. The van der Waals surface area contributed by atoms with E-state index in [4.69, 9.17) is 18.9 Å². The van der Waals surface area contributed by atoms with E-state index in [9.17, 15) is 23.2 Å². The molecule has 1 unspecified atom stereocenters. The number of esters is 1. The summed E-state index contributed by atoms with van der Waals surface area (Å²) >= 11 is 0. The van der Waals surface area contributed by atoms with Gasteiger partial charge in [0, 0.05) is 19.4 Å². The molecule has 1 N–H and O–H groups in total. The topological polar surface area (TPSA) is 129 Å². The molecule has 1 aliphatic heterocycles. The molecule has 5 rings (SSSR count). The zero-order valence-corrected chi connectivity index (χ0v) is 27.5. The summed E-state index contributed by atoms with van der Waals surface area (Å²) in [6, 6.07) is 2.51. The first-order valence-corrected chi connectivity index (χ1v) is 15.9. The Morgan fingerprint density at radius 3 is 2.43 bits per heavy atom. The number of ether oxygens (including phenoxy) is 4. The van der Waals surface area contributed by atoms with E-state index in [0.29, 0.717) is 30.4 Å². The molecular formula is C33H44F2N4O7. The maximum atomic E-state index is 14.7. The molecule has 1 saturated heterocycles. The van der Waals surface area contributed by atoms with Crippen LogP contribution < -0.4 is 14.8 Å². The highest BCUT2D eigenvalue weighted by Crippen LogP contribution is 2.57. The van der Waals surface area contributed by atoms with Gasteiger partial charge in [-0.2, -0.15) is 8.78 Å². The van der Waals surface area contributed by atoms with Crippen LogP contribution in [0.2, 0.25) is 0 Å². The molecule has 2 aliphatic carbocycles. The summed E-state index contributed by atoms with van der Waals surface area (Å²) in [4.78, 5) is 49.9. The number of rotatable bonds is 10. The smallest absolute Gasteiger partial charge is 0.408 e. The fraction of sp³-hybridized carbons (Fsp3) is 0.667. The molecule has 3 aliphatic rings. The van der Waals surface area contributed by atoms with Gasteiger partial charge in [0.2, 0.25) is 11.8 Å². The average molecular weight is 647 g/mol. The van der Waals surface area contributed by atoms with Crippen LogP contribution in [0.5, 0.6) is 11.6 Å². The molecule has 1 aromatic heterocycles. The minimum Gasteiger partial charge on any atom is -0.497 e. The summed E-state index contributed by atoms with van der Waals surface area (Å²) in [6.07, 6.45) is 2.17. The first kappa shape index (κ1) is 33.6. The third-order valence-electron chi connectivity index (χ3n) is 9.35. The molecule has 0 radical (unpaired) electrons. The predicted molar refractivity (Wildman–Crippen MR) is 163 cm³/mol. The van der Waals surface area contributed by atoms with Gasteiger partial charge in [0.25, 0.3) is 5.92 Å². The van der Waals surface area contributed by atoms with Crippen molar-refractivity contribution in [3.8, 4) is 11.6 Å².